The molecule has 0 aliphatic heterocycles. The van der Waals surface area contributed by atoms with E-state index >= 15 is 0 Å². The molecule has 2 aliphatic carbocycles. The fourth-order valence-corrected chi connectivity index (χ4v) is 2.44. The van der Waals surface area contributed by atoms with Gasteiger partial charge in [-0.05, 0) is 25.0 Å². The first kappa shape index (κ1) is 14.1. The molecule has 4 heteroatoms. The first-order valence-corrected chi connectivity index (χ1v) is 6.26. The molecule has 2 aliphatic rings. The van der Waals surface area contributed by atoms with E-state index in [4.69, 9.17) is 0 Å². The third kappa shape index (κ3) is 1.93. The number of carbonyl (C=O) groups is 2. The van der Waals surface area contributed by atoms with E-state index in [1.54, 1.807) is 62.5 Å². The maximum atomic E-state index is 11.6. The molecule has 2 N–H and O–H groups in total. The molecule has 0 aromatic rings. The van der Waals surface area contributed by atoms with Gasteiger partial charge in [-0.2, -0.15) is 0 Å². The number of carboxylic acid groups (broad SMARTS) is 2. The number of hydrogen-bond donors (Lipinski definition) is 2. The molecule has 0 radical (unpaired) electrons. The Balaban J connectivity index is 2.72. The van der Waals surface area contributed by atoms with Crippen molar-refractivity contribution in [3.05, 3.63) is 59.8 Å². The average Bonchev–Trinajstić information content (AvgIpc) is 2.40. The molecule has 0 aromatic heterocycles. The molecular weight excluding hydrogens is 256 g/mol. The molecule has 0 saturated heterocycles. The summed E-state index contributed by atoms with van der Waals surface area (Å²) < 4.78 is 0. The van der Waals surface area contributed by atoms with Gasteiger partial charge < -0.3 is 10.2 Å². The molecule has 0 saturated carbocycles. The molecule has 0 fully saturated rings. The van der Waals surface area contributed by atoms with Gasteiger partial charge in [-0.25, -0.2) is 0 Å². The van der Waals surface area contributed by atoms with Gasteiger partial charge in [0.1, 0.15) is 10.8 Å². The Kier molecular flexibility index (Phi) is 3.26. The van der Waals surface area contributed by atoms with Crippen LogP contribution in [0.15, 0.2) is 59.8 Å². The van der Waals surface area contributed by atoms with Gasteiger partial charge in [-0.1, -0.05) is 48.6 Å². The van der Waals surface area contributed by atoms with Gasteiger partial charge in [0, 0.05) is 0 Å². The van der Waals surface area contributed by atoms with E-state index < -0.39 is 22.8 Å². The zero-order chi connectivity index (χ0) is 15.0. The van der Waals surface area contributed by atoms with Crippen molar-refractivity contribution in [1.82, 2.24) is 0 Å². The maximum absolute atomic E-state index is 11.6. The molecular formula is C16H16O4. The lowest BCUT2D eigenvalue weighted by molar-refractivity contribution is -0.145. The van der Waals surface area contributed by atoms with Crippen LogP contribution in [0.2, 0.25) is 0 Å². The second-order valence-electron chi connectivity index (χ2n) is 5.28. The van der Waals surface area contributed by atoms with Crippen LogP contribution in [0, 0.1) is 10.8 Å². The average molecular weight is 272 g/mol. The highest BCUT2D eigenvalue weighted by Crippen LogP contribution is 2.43. The van der Waals surface area contributed by atoms with Crippen molar-refractivity contribution in [2.45, 2.75) is 13.8 Å². The molecule has 2 rings (SSSR count). The Morgan fingerprint density at radius 2 is 1.15 bits per heavy atom. The summed E-state index contributed by atoms with van der Waals surface area (Å²) in [5.74, 6) is -2.01. The van der Waals surface area contributed by atoms with E-state index in [9.17, 15) is 19.8 Å². The molecule has 0 aromatic carbocycles. The number of rotatable bonds is 2. The van der Waals surface area contributed by atoms with E-state index in [-0.39, 0.29) is 0 Å². The van der Waals surface area contributed by atoms with Crippen LogP contribution >= 0.6 is 0 Å². The molecule has 4 nitrogen and oxygen atoms in total. The first-order valence-electron chi connectivity index (χ1n) is 6.26. The highest BCUT2D eigenvalue weighted by molar-refractivity contribution is 5.87. The Morgan fingerprint density at radius 3 is 1.45 bits per heavy atom. The molecule has 104 valence electrons. The summed E-state index contributed by atoms with van der Waals surface area (Å²) in [5, 5.41) is 19.0. The van der Waals surface area contributed by atoms with Crippen molar-refractivity contribution in [2.24, 2.45) is 10.8 Å². The molecule has 0 amide bonds. The predicted molar refractivity (Wildman–Crippen MR) is 75.1 cm³/mol. The molecule has 2 unspecified atom stereocenters. The van der Waals surface area contributed by atoms with E-state index in [0.717, 1.165) is 0 Å². The number of hydrogen-bond acceptors (Lipinski definition) is 2. The minimum atomic E-state index is -1.23. The highest BCUT2D eigenvalue weighted by Gasteiger charge is 2.43. The minimum Gasteiger partial charge on any atom is -0.480 e. The van der Waals surface area contributed by atoms with Crippen LogP contribution in [0.3, 0.4) is 0 Å². The zero-order valence-corrected chi connectivity index (χ0v) is 11.3. The van der Waals surface area contributed by atoms with Crippen molar-refractivity contribution in [2.75, 3.05) is 0 Å². The van der Waals surface area contributed by atoms with Crippen molar-refractivity contribution >= 4 is 11.9 Å². The number of aliphatic carboxylic acids is 2. The van der Waals surface area contributed by atoms with Crippen LogP contribution in [-0.2, 0) is 9.59 Å². The Labute approximate surface area is 117 Å². The SMILES string of the molecule is CC1(C(=O)O)C=CC=C/C1=C1/C=CC=CC1(C)C(=O)O. The second kappa shape index (κ2) is 4.63. The van der Waals surface area contributed by atoms with Gasteiger partial charge >= 0.3 is 11.9 Å². The van der Waals surface area contributed by atoms with E-state index in [0.29, 0.717) is 11.1 Å². The second-order valence-corrected chi connectivity index (χ2v) is 5.28. The van der Waals surface area contributed by atoms with Crippen LogP contribution in [-0.4, -0.2) is 22.2 Å². The van der Waals surface area contributed by atoms with E-state index in [1.807, 2.05) is 0 Å². The lowest BCUT2D eigenvalue weighted by Gasteiger charge is -2.33. The Morgan fingerprint density at radius 1 is 0.800 bits per heavy atom. The van der Waals surface area contributed by atoms with Gasteiger partial charge in [0.15, 0.2) is 0 Å². The van der Waals surface area contributed by atoms with Crippen LogP contribution in [0.4, 0.5) is 0 Å². The summed E-state index contributed by atoms with van der Waals surface area (Å²) in [6, 6.07) is 0. The molecule has 2 atom stereocenters. The summed E-state index contributed by atoms with van der Waals surface area (Å²) in [4.78, 5) is 23.2. The number of allylic oxidation sites excluding steroid dienone is 6. The molecule has 0 spiro atoms. The maximum Gasteiger partial charge on any atom is 0.317 e. The Hall–Kier alpha value is -2.36. The van der Waals surface area contributed by atoms with E-state index in [1.165, 1.54) is 0 Å². The monoisotopic (exact) mass is 272 g/mol. The Bertz CT molecular complexity index is 564. The van der Waals surface area contributed by atoms with Crippen LogP contribution in [0.25, 0.3) is 0 Å². The third-order valence-corrected chi connectivity index (χ3v) is 3.90. The van der Waals surface area contributed by atoms with Gasteiger partial charge in [0.25, 0.3) is 0 Å². The fraction of sp³-hybridized carbons (Fsp3) is 0.250. The standard InChI is InChI=1S/C16H16O4/c1-15(13(17)18)9-5-3-7-11(15)12-8-4-6-10-16(12,2)14(19)20/h3-10H,1-2H3,(H,17,18)(H,19,20)/b12-11+. The van der Waals surface area contributed by atoms with Gasteiger partial charge in [0.2, 0.25) is 0 Å². The van der Waals surface area contributed by atoms with Gasteiger partial charge in [-0.15, -0.1) is 0 Å². The minimum absolute atomic E-state index is 0.498. The van der Waals surface area contributed by atoms with Crippen LogP contribution < -0.4 is 0 Å². The summed E-state index contributed by atoms with van der Waals surface area (Å²) >= 11 is 0. The van der Waals surface area contributed by atoms with Gasteiger partial charge in [0.05, 0.1) is 0 Å². The third-order valence-electron chi connectivity index (χ3n) is 3.90. The first-order chi connectivity index (χ1) is 9.32. The lowest BCUT2D eigenvalue weighted by Crippen LogP contribution is -2.35. The largest absolute Gasteiger partial charge is 0.480 e. The van der Waals surface area contributed by atoms with Crippen molar-refractivity contribution in [3.8, 4) is 0 Å². The summed E-state index contributed by atoms with van der Waals surface area (Å²) in [6.45, 7) is 3.15. The van der Waals surface area contributed by atoms with Gasteiger partial charge in [-0.3, -0.25) is 9.59 Å². The topological polar surface area (TPSA) is 74.6 Å². The predicted octanol–water partition coefficient (Wildman–Crippen LogP) is 2.72. The molecule has 0 heterocycles. The number of carboxylic acids is 2. The van der Waals surface area contributed by atoms with Crippen LogP contribution in [0.5, 0.6) is 0 Å². The highest BCUT2D eigenvalue weighted by atomic mass is 16.4. The summed E-state index contributed by atoms with van der Waals surface area (Å²) in [5.41, 5.74) is -1.46. The summed E-state index contributed by atoms with van der Waals surface area (Å²) in [6.07, 6.45) is 13.3. The molecule has 20 heavy (non-hydrogen) atoms. The normalized spacial score (nSPS) is 35.3. The fourth-order valence-electron chi connectivity index (χ4n) is 2.44. The van der Waals surface area contributed by atoms with Crippen molar-refractivity contribution in [3.63, 3.8) is 0 Å². The van der Waals surface area contributed by atoms with E-state index in [2.05, 4.69) is 0 Å². The zero-order valence-electron chi connectivity index (χ0n) is 11.3. The van der Waals surface area contributed by atoms with Crippen molar-refractivity contribution < 1.29 is 19.8 Å². The molecule has 0 bridgehead atoms. The van der Waals surface area contributed by atoms with Crippen LogP contribution in [0.1, 0.15) is 13.8 Å². The lowest BCUT2D eigenvalue weighted by atomic mass is 9.69. The summed E-state index contributed by atoms with van der Waals surface area (Å²) in [7, 11) is 0. The quantitative estimate of drug-likeness (QED) is 0.810. The smallest absolute Gasteiger partial charge is 0.317 e. The van der Waals surface area contributed by atoms with Crippen molar-refractivity contribution in [1.29, 1.82) is 0 Å².